The Kier molecular flexibility index (Phi) is 5.31. The van der Waals surface area contributed by atoms with Gasteiger partial charge in [0, 0.05) is 44.4 Å². The molecule has 1 unspecified atom stereocenters. The maximum absolute atomic E-state index is 12.6. The molecule has 2 fully saturated rings. The van der Waals surface area contributed by atoms with Crippen molar-refractivity contribution in [1.29, 1.82) is 0 Å². The minimum Gasteiger partial charge on any atom is -0.339 e. The average Bonchev–Trinajstić information content (AvgIpc) is 2.63. The lowest BCUT2D eigenvalue weighted by Crippen LogP contribution is -2.57. The summed E-state index contributed by atoms with van der Waals surface area (Å²) in [6, 6.07) is 2.18. The molecule has 26 heavy (non-hydrogen) atoms. The molecule has 1 aromatic heterocycles. The number of hydrogen-bond donors (Lipinski definition) is 1. The molecule has 0 radical (unpaired) electrons. The van der Waals surface area contributed by atoms with E-state index in [0.717, 1.165) is 42.3 Å². The SMILES string of the molecule is O=C(Cn1cc([N+](=O)[O-])ccc1=O)N1CCCC(N2CCNCC2=O)C1. The van der Waals surface area contributed by atoms with Crippen molar-refractivity contribution >= 4 is 17.5 Å². The highest BCUT2D eigenvalue weighted by molar-refractivity contribution is 5.80. The fourth-order valence-electron chi connectivity index (χ4n) is 3.44. The molecule has 1 N–H and O–H groups in total. The third-order valence-corrected chi connectivity index (χ3v) is 4.80. The van der Waals surface area contributed by atoms with Crippen LogP contribution < -0.4 is 10.9 Å². The zero-order valence-electron chi connectivity index (χ0n) is 14.3. The van der Waals surface area contributed by atoms with E-state index in [-0.39, 0.29) is 30.1 Å². The lowest BCUT2D eigenvalue weighted by atomic mass is 10.0. The quantitative estimate of drug-likeness (QED) is 0.552. The van der Waals surface area contributed by atoms with Crippen LogP contribution in [0.4, 0.5) is 5.69 Å². The summed E-state index contributed by atoms with van der Waals surface area (Å²) in [4.78, 5) is 50.2. The number of carbonyl (C=O) groups is 2. The number of piperazine rings is 1. The van der Waals surface area contributed by atoms with Gasteiger partial charge >= 0.3 is 0 Å². The molecule has 2 aliphatic heterocycles. The molecule has 10 heteroatoms. The second-order valence-electron chi connectivity index (χ2n) is 6.51. The van der Waals surface area contributed by atoms with Crippen molar-refractivity contribution in [2.75, 3.05) is 32.7 Å². The molecule has 10 nitrogen and oxygen atoms in total. The summed E-state index contributed by atoms with van der Waals surface area (Å²) >= 11 is 0. The summed E-state index contributed by atoms with van der Waals surface area (Å²) in [6.45, 7) is 2.40. The number of carbonyl (C=O) groups excluding carboxylic acids is 2. The van der Waals surface area contributed by atoms with E-state index in [1.807, 2.05) is 4.90 Å². The standard InChI is InChI=1S/C16H21N5O5/c22-14-4-3-13(21(25)26)10-19(14)11-16(24)18-6-1-2-12(9-18)20-7-5-17-8-15(20)23/h3-4,10,12,17H,1-2,5-9,11H2. The molecule has 0 spiro atoms. The molecule has 0 saturated carbocycles. The number of nitrogens with one attached hydrogen (secondary N) is 1. The van der Waals surface area contributed by atoms with E-state index in [1.165, 1.54) is 0 Å². The van der Waals surface area contributed by atoms with Crippen molar-refractivity contribution in [1.82, 2.24) is 19.7 Å². The van der Waals surface area contributed by atoms with E-state index >= 15 is 0 Å². The van der Waals surface area contributed by atoms with Gasteiger partial charge in [0.15, 0.2) is 0 Å². The predicted octanol–water partition coefficient (Wildman–Crippen LogP) is -0.821. The number of nitrogens with zero attached hydrogens (tertiary/aromatic N) is 4. The minimum atomic E-state index is -0.604. The molecule has 2 amide bonds. The van der Waals surface area contributed by atoms with Crippen molar-refractivity contribution in [2.45, 2.75) is 25.4 Å². The van der Waals surface area contributed by atoms with Gasteiger partial charge in [-0.1, -0.05) is 0 Å². The normalized spacial score (nSPS) is 20.9. The number of amides is 2. The summed E-state index contributed by atoms with van der Waals surface area (Å²) in [5.41, 5.74) is -0.699. The number of pyridine rings is 1. The Hall–Kier alpha value is -2.75. The average molecular weight is 363 g/mol. The first-order chi connectivity index (χ1) is 12.5. The zero-order chi connectivity index (χ0) is 18.7. The van der Waals surface area contributed by atoms with Crippen LogP contribution in [0.15, 0.2) is 23.1 Å². The fourth-order valence-corrected chi connectivity index (χ4v) is 3.44. The Morgan fingerprint density at radius 3 is 2.85 bits per heavy atom. The smallest absolute Gasteiger partial charge is 0.285 e. The van der Waals surface area contributed by atoms with Gasteiger partial charge in [0.25, 0.3) is 11.2 Å². The molecule has 1 atom stereocenters. The van der Waals surface area contributed by atoms with Gasteiger partial charge in [-0.25, -0.2) is 0 Å². The highest BCUT2D eigenvalue weighted by Gasteiger charge is 2.31. The predicted molar refractivity (Wildman–Crippen MR) is 91.5 cm³/mol. The summed E-state index contributed by atoms with van der Waals surface area (Å²) in [6.07, 6.45) is 2.70. The third-order valence-electron chi connectivity index (χ3n) is 4.80. The third kappa shape index (κ3) is 3.90. The number of hydrogen-bond acceptors (Lipinski definition) is 6. The van der Waals surface area contributed by atoms with Gasteiger partial charge < -0.3 is 15.1 Å². The highest BCUT2D eigenvalue weighted by Crippen LogP contribution is 2.17. The first-order valence-corrected chi connectivity index (χ1v) is 8.58. The monoisotopic (exact) mass is 363 g/mol. The maximum atomic E-state index is 12.6. The molecule has 0 aliphatic carbocycles. The first kappa shape index (κ1) is 18.1. The number of likely N-dealkylation sites (tertiary alicyclic amines) is 1. The number of rotatable bonds is 4. The van der Waals surface area contributed by atoms with Crippen molar-refractivity contribution in [3.05, 3.63) is 38.8 Å². The van der Waals surface area contributed by atoms with E-state index in [9.17, 15) is 24.5 Å². The van der Waals surface area contributed by atoms with Crippen LogP contribution in [0.3, 0.4) is 0 Å². The van der Waals surface area contributed by atoms with Crippen molar-refractivity contribution in [2.24, 2.45) is 0 Å². The maximum Gasteiger partial charge on any atom is 0.285 e. The molecular formula is C16H21N5O5. The largest absolute Gasteiger partial charge is 0.339 e. The Labute approximate surface area is 149 Å². The van der Waals surface area contributed by atoms with Crippen LogP contribution in [0.1, 0.15) is 12.8 Å². The van der Waals surface area contributed by atoms with Crippen LogP contribution in [-0.4, -0.2) is 69.9 Å². The van der Waals surface area contributed by atoms with Crippen LogP contribution in [0.25, 0.3) is 0 Å². The Morgan fingerprint density at radius 2 is 2.12 bits per heavy atom. The van der Waals surface area contributed by atoms with Crippen LogP contribution >= 0.6 is 0 Å². The Bertz CT molecular complexity index is 777. The second-order valence-corrected chi connectivity index (χ2v) is 6.51. The van der Waals surface area contributed by atoms with Crippen molar-refractivity contribution in [3.8, 4) is 0 Å². The topological polar surface area (TPSA) is 118 Å². The van der Waals surface area contributed by atoms with Gasteiger partial charge in [0.1, 0.15) is 6.54 Å². The summed E-state index contributed by atoms with van der Waals surface area (Å²) in [7, 11) is 0. The van der Waals surface area contributed by atoms with Gasteiger partial charge in [-0.2, -0.15) is 0 Å². The van der Waals surface area contributed by atoms with Crippen LogP contribution in [0.2, 0.25) is 0 Å². The molecule has 140 valence electrons. The van der Waals surface area contributed by atoms with Crippen molar-refractivity contribution < 1.29 is 14.5 Å². The van der Waals surface area contributed by atoms with Gasteiger partial charge in [-0.15, -0.1) is 0 Å². The molecule has 3 heterocycles. The van der Waals surface area contributed by atoms with Gasteiger partial charge in [-0.05, 0) is 12.8 Å². The van der Waals surface area contributed by atoms with Gasteiger partial charge in [0.2, 0.25) is 11.8 Å². The van der Waals surface area contributed by atoms with E-state index in [2.05, 4.69) is 5.32 Å². The summed E-state index contributed by atoms with van der Waals surface area (Å²) < 4.78 is 1.06. The fraction of sp³-hybridized carbons (Fsp3) is 0.562. The molecule has 3 rings (SSSR count). The molecule has 1 aromatic rings. The van der Waals surface area contributed by atoms with E-state index in [4.69, 9.17) is 0 Å². The molecular weight excluding hydrogens is 342 g/mol. The minimum absolute atomic E-state index is 0.0240. The summed E-state index contributed by atoms with van der Waals surface area (Å²) in [5.74, 6) is -0.245. The number of piperidine rings is 1. The Balaban J connectivity index is 1.68. The van der Waals surface area contributed by atoms with Gasteiger partial charge in [-0.3, -0.25) is 29.1 Å². The molecule has 2 saturated heterocycles. The van der Waals surface area contributed by atoms with E-state index in [0.29, 0.717) is 26.2 Å². The van der Waals surface area contributed by atoms with Crippen molar-refractivity contribution in [3.63, 3.8) is 0 Å². The summed E-state index contributed by atoms with van der Waals surface area (Å²) in [5, 5.41) is 13.9. The van der Waals surface area contributed by atoms with Crippen LogP contribution in [0.5, 0.6) is 0 Å². The lowest BCUT2D eigenvalue weighted by Gasteiger charge is -2.41. The molecule has 2 aliphatic rings. The van der Waals surface area contributed by atoms with Crippen LogP contribution in [-0.2, 0) is 16.1 Å². The first-order valence-electron chi connectivity index (χ1n) is 8.58. The molecule has 0 aromatic carbocycles. The Morgan fingerprint density at radius 1 is 1.31 bits per heavy atom. The lowest BCUT2D eigenvalue weighted by molar-refractivity contribution is -0.385. The number of aromatic nitrogens is 1. The second kappa shape index (κ2) is 7.65. The van der Waals surface area contributed by atoms with Gasteiger partial charge in [0.05, 0.1) is 17.7 Å². The number of nitro groups is 1. The zero-order valence-corrected chi connectivity index (χ0v) is 14.3. The molecule has 0 bridgehead atoms. The van der Waals surface area contributed by atoms with Crippen LogP contribution in [0, 0.1) is 10.1 Å². The van der Waals surface area contributed by atoms with E-state index in [1.54, 1.807) is 4.90 Å². The highest BCUT2D eigenvalue weighted by atomic mass is 16.6. The van der Waals surface area contributed by atoms with E-state index < -0.39 is 10.5 Å².